The number of hydrogen-bond acceptors (Lipinski definition) is 11. The maximum absolute atomic E-state index is 13.5. The molecule has 1 heterocycles. The summed E-state index contributed by atoms with van der Waals surface area (Å²) in [5.74, 6) is -7.63. The first-order chi connectivity index (χ1) is 24.3. The molecular weight excluding hydrogens is 688 g/mol. The fourth-order valence-electron chi connectivity index (χ4n) is 5.37. The van der Waals surface area contributed by atoms with E-state index >= 15 is 0 Å². The largest absolute Gasteiger partial charge is 0.481 e. The summed E-state index contributed by atoms with van der Waals surface area (Å²) in [5, 5.41) is 40.9. The van der Waals surface area contributed by atoms with Crippen molar-refractivity contribution in [2.75, 3.05) is 19.6 Å². The quantitative estimate of drug-likeness (QED) is 0.0285. The summed E-state index contributed by atoms with van der Waals surface area (Å²) < 4.78 is 0. The highest BCUT2D eigenvalue weighted by Crippen LogP contribution is 2.19. The molecule has 0 bridgehead atoms. The van der Waals surface area contributed by atoms with Gasteiger partial charge in [-0.3, -0.25) is 38.6 Å². The smallest absolute Gasteiger partial charge is 0.326 e. The second kappa shape index (κ2) is 22.0. The number of amides is 6. The molecule has 0 radical (unpaired) electrons. The van der Waals surface area contributed by atoms with Crippen molar-refractivity contribution in [2.45, 2.75) is 115 Å². The second-order valence-electron chi connectivity index (χ2n) is 12.9. The molecule has 1 rings (SSSR count). The van der Waals surface area contributed by atoms with Crippen LogP contribution in [0.5, 0.6) is 0 Å². The predicted octanol–water partition coefficient (Wildman–Crippen LogP) is -4.19. The molecule has 0 aliphatic carbocycles. The third-order valence-electron chi connectivity index (χ3n) is 8.01. The Morgan fingerprint density at radius 3 is 1.98 bits per heavy atom. The molecule has 1 aliphatic rings. The zero-order valence-electron chi connectivity index (χ0n) is 29.9. The highest BCUT2D eigenvalue weighted by Gasteiger charge is 2.39. The average Bonchev–Trinajstić information content (AvgIpc) is 3.55. The topological polar surface area (TPSA) is 351 Å². The number of guanidine groups is 1. The minimum atomic E-state index is -1.68. The van der Waals surface area contributed by atoms with Gasteiger partial charge < -0.3 is 64.0 Å². The summed E-state index contributed by atoms with van der Waals surface area (Å²) in [4.78, 5) is 106. The highest BCUT2D eigenvalue weighted by atomic mass is 16.4. The molecule has 1 saturated heterocycles. The van der Waals surface area contributed by atoms with Crippen molar-refractivity contribution in [2.24, 2.45) is 28.1 Å². The van der Waals surface area contributed by atoms with Gasteiger partial charge in [-0.1, -0.05) is 13.8 Å². The number of likely N-dealkylation sites (tertiary alicyclic amines) is 1. The first-order valence-corrected chi connectivity index (χ1v) is 17.0. The molecule has 0 unspecified atom stereocenters. The molecule has 21 heteroatoms. The van der Waals surface area contributed by atoms with E-state index < -0.39 is 103 Å². The number of nitrogens with two attached hydrogens (primary N) is 3. The molecule has 0 aromatic heterocycles. The van der Waals surface area contributed by atoms with Crippen LogP contribution in [0, 0.1) is 5.92 Å². The first kappa shape index (κ1) is 45.0. The van der Waals surface area contributed by atoms with Crippen LogP contribution in [0.3, 0.4) is 0 Å². The molecule has 7 atom stereocenters. The van der Waals surface area contributed by atoms with Gasteiger partial charge in [0.15, 0.2) is 5.96 Å². The van der Waals surface area contributed by atoms with Crippen molar-refractivity contribution >= 4 is 53.3 Å². The molecule has 294 valence electrons. The lowest BCUT2D eigenvalue weighted by molar-refractivity contribution is -0.145. The summed E-state index contributed by atoms with van der Waals surface area (Å²) in [6, 6.07) is -7.80. The van der Waals surface area contributed by atoms with Crippen LogP contribution < -0.4 is 43.8 Å². The summed E-state index contributed by atoms with van der Waals surface area (Å²) in [6.45, 7) is 5.88. The number of aliphatic hydroxyl groups excluding tert-OH is 1. The molecule has 1 aliphatic heterocycles. The number of carboxylic acid groups (broad SMARTS) is 2. The summed E-state index contributed by atoms with van der Waals surface area (Å²) in [7, 11) is 0. The third-order valence-corrected chi connectivity index (χ3v) is 8.01. The number of carbonyl (C=O) groups excluding carboxylic acids is 6. The van der Waals surface area contributed by atoms with Crippen molar-refractivity contribution in [1.29, 1.82) is 0 Å². The Labute approximate surface area is 301 Å². The van der Waals surface area contributed by atoms with Gasteiger partial charge in [-0.2, -0.15) is 0 Å². The standard InChI is InChI=1S/C31H54N10O11/c1-15(2)13-20(30(51)52)39-27(48)21-8-6-12-41(21)29(50)16(3)36-25(46)18(7-5-11-35-31(33)34)38-28(49)24(17(4)42)40-26(47)19(9-10-23(44)45)37-22(43)14-32/h15-21,24,42H,5-14,32H2,1-4H3,(H,36,46)(H,37,43)(H,38,49)(H,39,48)(H,40,47)(H,44,45)(H,51,52)(H4,33,34,35)/t16-,17+,18-,19-,20-,21-,24-/m0/s1. The van der Waals surface area contributed by atoms with Crippen LogP contribution in [0.25, 0.3) is 0 Å². The molecule has 21 nitrogen and oxygen atoms in total. The van der Waals surface area contributed by atoms with E-state index in [1.165, 1.54) is 18.7 Å². The lowest BCUT2D eigenvalue weighted by atomic mass is 10.0. The van der Waals surface area contributed by atoms with Gasteiger partial charge in [-0.05, 0) is 58.3 Å². The molecular formula is C31H54N10O11. The Kier molecular flexibility index (Phi) is 19.0. The van der Waals surface area contributed by atoms with Gasteiger partial charge in [-0.15, -0.1) is 0 Å². The number of aliphatic hydroxyl groups is 1. The minimum Gasteiger partial charge on any atom is -0.481 e. The van der Waals surface area contributed by atoms with E-state index in [4.69, 9.17) is 22.3 Å². The zero-order chi connectivity index (χ0) is 39.7. The fraction of sp³-hybridized carbons (Fsp3) is 0.710. The van der Waals surface area contributed by atoms with Gasteiger partial charge in [0.1, 0.15) is 36.3 Å². The Hall–Kier alpha value is -5.05. The second-order valence-corrected chi connectivity index (χ2v) is 12.9. The van der Waals surface area contributed by atoms with E-state index in [1.54, 1.807) is 13.8 Å². The van der Waals surface area contributed by atoms with E-state index in [9.17, 15) is 48.6 Å². The fourth-order valence-corrected chi connectivity index (χ4v) is 5.37. The van der Waals surface area contributed by atoms with Crippen LogP contribution in [0.2, 0.25) is 0 Å². The average molecular weight is 743 g/mol. The molecule has 0 spiro atoms. The number of carboxylic acids is 2. The van der Waals surface area contributed by atoms with Gasteiger partial charge in [0.25, 0.3) is 0 Å². The van der Waals surface area contributed by atoms with E-state index in [-0.39, 0.29) is 57.1 Å². The lowest BCUT2D eigenvalue weighted by Gasteiger charge is -2.30. The Morgan fingerprint density at radius 1 is 0.827 bits per heavy atom. The number of aliphatic imine (C=N–C) groups is 1. The van der Waals surface area contributed by atoms with Gasteiger partial charge in [0.05, 0.1) is 12.6 Å². The number of carbonyl (C=O) groups is 8. The molecule has 0 aromatic rings. The van der Waals surface area contributed by atoms with Crippen molar-refractivity contribution in [3.05, 3.63) is 0 Å². The Balaban J connectivity index is 3.15. The molecule has 0 aromatic carbocycles. The van der Waals surface area contributed by atoms with Gasteiger partial charge >= 0.3 is 11.9 Å². The molecule has 0 saturated carbocycles. The number of aliphatic carboxylic acids is 2. The van der Waals surface area contributed by atoms with Crippen LogP contribution in [0.15, 0.2) is 4.99 Å². The molecule has 6 amide bonds. The third kappa shape index (κ3) is 15.5. The maximum Gasteiger partial charge on any atom is 0.326 e. The van der Waals surface area contributed by atoms with E-state index in [0.29, 0.717) is 6.42 Å². The molecule has 1 fully saturated rings. The monoisotopic (exact) mass is 742 g/mol. The van der Waals surface area contributed by atoms with Gasteiger partial charge in [0, 0.05) is 19.5 Å². The zero-order valence-corrected chi connectivity index (χ0v) is 29.9. The minimum absolute atomic E-state index is 0.0252. The van der Waals surface area contributed by atoms with Crippen LogP contribution in [-0.4, -0.2) is 136 Å². The van der Waals surface area contributed by atoms with Crippen molar-refractivity contribution in [1.82, 2.24) is 31.5 Å². The SMILES string of the molecule is CC(C)C[C@H](NC(=O)[C@@H]1CCCN1C(=O)[C@H](C)NC(=O)[C@H](CCCN=C(N)N)NC(=O)[C@@H](NC(=O)[C@H](CCC(=O)O)NC(=O)CN)[C@@H](C)O)C(=O)O. The van der Waals surface area contributed by atoms with Crippen LogP contribution in [0.4, 0.5) is 0 Å². The van der Waals surface area contributed by atoms with E-state index in [0.717, 1.165) is 0 Å². The highest BCUT2D eigenvalue weighted by molar-refractivity contribution is 5.97. The predicted molar refractivity (Wildman–Crippen MR) is 185 cm³/mol. The number of rotatable bonds is 22. The summed E-state index contributed by atoms with van der Waals surface area (Å²) >= 11 is 0. The molecule has 52 heavy (non-hydrogen) atoms. The van der Waals surface area contributed by atoms with Crippen molar-refractivity contribution in [3.8, 4) is 0 Å². The first-order valence-electron chi connectivity index (χ1n) is 17.0. The van der Waals surface area contributed by atoms with Gasteiger partial charge in [0.2, 0.25) is 35.4 Å². The number of nitrogens with one attached hydrogen (secondary N) is 5. The van der Waals surface area contributed by atoms with Crippen LogP contribution in [-0.2, 0) is 38.4 Å². The number of hydrogen-bond donors (Lipinski definition) is 11. The van der Waals surface area contributed by atoms with Crippen LogP contribution >= 0.6 is 0 Å². The van der Waals surface area contributed by atoms with Gasteiger partial charge in [-0.25, -0.2) is 4.79 Å². The van der Waals surface area contributed by atoms with Crippen LogP contribution in [0.1, 0.15) is 72.6 Å². The van der Waals surface area contributed by atoms with Crippen molar-refractivity contribution < 1.29 is 53.7 Å². The molecule has 14 N–H and O–H groups in total. The lowest BCUT2D eigenvalue weighted by Crippen LogP contribution is -2.61. The summed E-state index contributed by atoms with van der Waals surface area (Å²) in [6.07, 6.45) is -1.44. The normalized spacial score (nSPS) is 17.4. The van der Waals surface area contributed by atoms with Crippen molar-refractivity contribution in [3.63, 3.8) is 0 Å². The summed E-state index contributed by atoms with van der Waals surface area (Å²) in [5.41, 5.74) is 16.0. The van der Waals surface area contributed by atoms with E-state index in [2.05, 4.69) is 31.6 Å². The number of nitrogens with zero attached hydrogens (tertiary/aromatic N) is 2. The Morgan fingerprint density at radius 2 is 1.44 bits per heavy atom. The Bertz CT molecular complexity index is 1320. The maximum atomic E-state index is 13.5. The van der Waals surface area contributed by atoms with E-state index in [1.807, 2.05) is 0 Å².